The number of nitrogens with two attached hydrogens (primary N) is 1. The van der Waals surface area contributed by atoms with Gasteiger partial charge in [-0.15, -0.1) is 0 Å². The molecule has 0 saturated carbocycles. The lowest BCUT2D eigenvalue weighted by Gasteiger charge is -2.06. The second kappa shape index (κ2) is 4.65. The molecule has 0 aliphatic heterocycles. The molecular formula is C14H11FN4O. The molecule has 1 aromatic heterocycles. The van der Waals surface area contributed by atoms with Gasteiger partial charge in [-0.25, -0.2) is 4.39 Å². The third kappa shape index (κ3) is 2.18. The van der Waals surface area contributed by atoms with Gasteiger partial charge in [-0.05, 0) is 36.4 Å². The van der Waals surface area contributed by atoms with Crippen molar-refractivity contribution in [2.45, 2.75) is 0 Å². The zero-order chi connectivity index (χ0) is 14.1. The van der Waals surface area contributed by atoms with E-state index in [1.54, 1.807) is 18.3 Å². The number of nitrogen functional groups attached to an aromatic ring is 1. The van der Waals surface area contributed by atoms with Crippen molar-refractivity contribution in [2.75, 3.05) is 11.1 Å². The van der Waals surface area contributed by atoms with Crippen LogP contribution in [0.5, 0.6) is 0 Å². The molecule has 0 saturated heterocycles. The van der Waals surface area contributed by atoms with Crippen LogP contribution in [0.4, 0.5) is 15.8 Å². The first kappa shape index (κ1) is 12.2. The molecule has 4 N–H and O–H groups in total. The van der Waals surface area contributed by atoms with Crippen molar-refractivity contribution < 1.29 is 9.18 Å². The van der Waals surface area contributed by atoms with Crippen LogP contribution < -0.4 is 11.1 Å². The smallest absolute Gasteiger partial charge is 0.255 e. The summed E-state index contributed by atoms with van der Waals surface area (Å²) >= 11 is 0. The van der Waals surface area contributed by atoms with Crippen LogP contribution in [0.1, 0.15) is 10.4 Å². The highest BCUT2D eigenvalue weighted by Gasteiger charge is 2.09. The summed E-state index contributed by atoms with van der Waals surface area (Å²) in [7, 11) is 0. The van der Waals surface area contributed by atoms with Crippen LogP contribution in [0, 0.1) is 5.82 Å². The lowest BCUT2D eigenvalue weighted by atomic mass is 10.1. The predicted molar refractivity (Wildman–Crippen MR) is 74.9 cm³/mol. The number of anilines is 2. The summed E-state index contributed by atoms with van der Waals surface area (Å²) in [6.45, 7) is 0. The van der Waals surface area contributed by atoms with Gasteiger partial charge in [0.15, 0.2) is 0 Å². The highest BCUT2D eigenvalue weighted by Crippen LogP contribution is 2.18. The molecule has 0 fully saturated rings. The quantitative estimate of drug-likeness (QED) is 0.626. The monoisotopic (exact) mass is 270 g/mol. The fourth-order valence-electron chi connectivity index (χ4n) is 1.89. The number of nitrogens with one attached hydrogen (secondary N) is 2. The summed E-state index contributed by atoms with van der Waals surface area (Å²) in [5.74, 6) is -1.00. The number of aromatic amines is 1. The van der Waals surface area contributed by atoms with Gasteiger partial charge in [-0.2, -0.15) is 5.10 Å². The molecule has 1 heterocycles. The first-order valence-electron chi connectivity index (χ1n) is 5.93. The number of hydrogen-bond acceptors (Lipinski definition) is 3. The molecule has 0 atom stereocenters. The molecule has 2 aromatic carbocycles. The number of carbonyl (C=O) groups is 1. The summed E-state index contributed by atoms with van der Waals surface area (Å²) in [5.41, 5.74) is 7.09. The topological polar surface area (TPSA) is 83.8 Å². The first-order chi connectivity index (χ1) is 9.63. The molecular weight excluding hydrogens is 259 g/mol. The summed E-state index contributed by atoms with van der Waals surface area (Å²) in [6, 6.07) is 9.28. The Hall–Kier alpha value is -2.89. The first-order valence-corrected chi connectivity index (χ1v) is 5.93. The minimum atomic E-state index is -0.608. The van der Waals surface area contributed by atoms with Crippen molar-refractivity contribution in [1.82, 2.24) is 10.2 Å². The molecule has 0 radical (unpaired) electrons. The molecule has 0 aliphatic carbocycles. The van der Waals surface area contributed by atoms with E-state index in [4.69, 9.17) is 5.73 Å². The van der Waals surface area contributed by atoms with E-state index >= 15 is 0 Å². The minimum absolute atomic E-state index is 0.0152. The van der Waals surface area contributed by atoms with Gasteiger partial charge in [0.1, 0.15) is 5.82 Å². The van der Waals surface area contributed by atoms with Crippen LogP contribution in [0.2, 0.25) is 0 Å². The summed E-state index contributed by atoms with van der Waals surface area (Å²) < 4.78 is 13.3. The van der Waals surface area contributed by atoms with Crippen molar-refractivity contribution in [2.24, 2.45) is 0 Å². The number of amides is 1. The average molecular weight is 270 g/mol. The van der Waals surface area contributed by atoms with Crippen molar-refractivity contribution in [3.05, 3.63) is 54.0 Å². The van der Waals surface area contributed by atoms with E-state index in [-0.39, 0.29) is 11.3 Å². The number of benzene rings is 2. The molecule has 3 rings (SSSR count). The van der Waals surface area contributed by atoms with Gasteiger partial charge in [0.25, 0.3) is 5.91 Å². The molecule has 5 nitrogen and oxygen atoms in total. The number of aromatic nitrogens is 2. The largest absolute Gasteiger partial charge is 0.396 e. The molecule has 0 spiro atoms. The van der Waals surface area contributed by atoms with Crippen molar-refractivity contribution in [3.63, 3.8) is 0 Å². The Morgan fingerprint density at radius 2 is 2.10 bits per heavy atom. The van der Waals surface area contributed by atoms with Gasteiger partial charge in [0.05, 0.1) is 17.4 Å². The molecule has 20 heavy (non-hydrogen) atoms. The molecule has 0 unspecified atom stereocenters. The summed E-state index contributed by atoms with van der Waals surface area (Å²) in [4.78, 5) is 12.0. The van der Waals surface area contributed by atoms with Gasteiger partial charge in [0, 0.05) is 16.6 Å². The summed E-state index contributed by atoms with van der Waals surface area (Å²) in [6.07, 6.45) is 1.66. The Bertz CT molecular complexity index is 797. The average Bonchev–Trinajstić information content (AvgIpc) is 2.89. The zero-order valence-corrected chi connectivity index (χ0v) is 10.4. The fraction of sp³-hybridized carbons (Fsp3) is 0. The SMILES string of the molecule is Nc1ccc(C(=O)Nc2ccc3[nH]ncc3c2)cc1F. The Kier molecular flexibility index (Phi) is 2.83. The van der Waals surface area contributed by atoms with Crippen LogP contribution in [0.25, 0.3) is 10.9 Å². The summed E-state index contributed by atoms with van der Waals surface area (Å²) in [5, 5.41) is 10.3. The van der Waals surface area contributed by atoms with E-state index in [0.29, 0.717) is 5.69 Å². The predicted octanol–water partition coefficient (Wildman–Crippen LogP) is 2.54. The van der Waals surface area contributed by atoms with Crippen LogP contribution in [-0.4, -0.2) is 16.1 Å². The molecule has 0 aliphatic rings. The fourth-order valence-corrected chi connectivity index (χ4v) is 1.89. The maximum atomic E-state index is 13.3. The Morgan fingerprint density at radius 3 is 2.90 bits per heavy atom. The van der Waals surface area contributed by atoms with Gasteiger partial charge >= 0.3 is 0 Å². The van der Waals surface area contributed by atoms with E-state index in [1.807, 2.05) is 6.07 Å². The van der Waals surface area contributed by atoms with Crippen LogP contribution in [0.3, 0.4) is 0 Å². The van der Waals surface area contributed by atoms with Crippen LogP contribution in [0.15, 0.2) is 42.6 Å². The number of nitrogens with zero attached hydrogens (tertiary/aromatic N) is 1. The molecule has 1 amide bonds. The van der Waals surface area contributed by atoms with Gasteiger partial charge in [-0.3, -0.25) is 9.89 Å². The number of H-pyrrole nitrogens is 1. The lowest BCUT2D eigenvalue weighted by molar-refractivity contribution is 0.102. The van der Waals surface area contributed by atoms with E-state index in [1.165, 1.54) is 12.1 Å². The van der Waals surface area contributed by atoms with Gasteiger partial charge in [0.2, 0.25) is 0 Å². The number of halogens is 1. The highest BCUT2D eigenvalue weighted by molar-refractivity contribution is 6.05. The van der Waals surface area contributed by atoms with Crippen molar-refractivity contribution in [3.8, 4) is 0 Å². The normalized spacial score (nSPS) is 10.7. The lowest BCUT2D eigenvalue weighted by Crippen LogP contribution is -2.12. The van der Waals surface area contributed by atoms with Gasteiger partial charge in [-0.1, -0.05) is 0 Å². The van der Waals surface area contributed by atoms with E-state index in [9.17, 15) is 9.18 Å². The third-order valence-electron chi connectivity index (χ3n) is 2.96. The van der Waals surface area contributed by atoms with E-state index in [0.717, 1.165) is 17.0 Å². The standard InChI is InChI=1S/C14H11FN4O/c15-11-6-8(1-3-12(11)16)14(20)18-10-2-4-13-9(5-10)7-17-19-13/h1-7H,16H2,(H,17,19)(H,18,20). The van der Waals surface area contributed by atoms with E-state index in [2.05, 4.69) is 15.5 Å². The maximum absolute atomic E-state index is 13.3. The Labute approximate surface area is 113 Å². The van der Waals surface area contributed by atoms with Crippen molar-refractivity contribution >= 4 is 28.2 Å². The number of fused-ring (bicyclic) bond motifs is 1. The third-order valence-corrected chi connectivity index (χ3v) is 2.96. The van der Waals surface area contributed by atoms with Gasteiger partial charge < -0.3 is 11.1 Å². The van der Waals surface area contributed by atoms with E-state index < -0.39 is 11.7 Å². The maximum Gasteiger partial charge on any atom is 0.255 e. The molecule has 0 bridgehead atoms. The zero-order valence-electron chi connectivity index (χ0n) is 10.4. The minimum Gasteiger partial charge on any atom is -0.396 e. The number of carbonyl (C=O) groups excluding carboxylic acids is 1. The molecule has 6 heteroatoms. The van der Waals surface area contributed by atoms with Crippen LogP contribution >= 0.6 is 0 Å². The molecule has 3 aromatic rings. The second-order valence-corrected chi connectivity index (χ2v) is 4.36. The number of hydrogen-bond donors (Lipinski definition) is 3. The highest BCUT2D eigenvalue weighted by atomic mass is 19.1. The Morgan fingerprint density at radius 1 is 1.25 bits per heavy atom. The molecule has 100 valence electrons. The number of rotatable bonds is 2. The Balaban J connectivity index is 1.85. The van der Waals surface area contributed by atoms with Crippen molar-refractivity contribution in [1.29, 1.82) is 0 Å². The van der Waals surface area contributed by atoms with Crippen LogP contribution in [-0.2, 0) is 0 Å². The second-order valence-electron chi connectivity index (χ2n) is 4.36.